The zero-order valence-corrected chi connectivity index (χ0v) is 11.6. The van der Waals surface area contributed by atoms with Crippen LogP contribution in [0.1, 0.15) is 12.5 Å². The van der Waals surface area contributed by atoms with Gasteiger partial charge in [-0.1, -0.05) is 12.1 Å². The predicted octanol–water partition coefficient (Wildman–Crippen LogP) is 1.33. The molecule has 0 amide bonds. The maximum Gasteiger partial charge on any atom is 0.322 e. The molecular formula is C13H16FN3O4. The lowest BCUT2D eigenvalue weighted by Gasteiger charge is -2.33. The van der Waals surface area contributed by atoms with Crippen molar-refractivity contribution in [3.8, 4) is 0 Å². The van der Waals surface area contributed by atoms with Gasteiger partial charge in [0, 0.05) is 51.3 Å². The van der Waals surface area contributed by atoms with Crippen LogP contribution in [0.15, 0.2) is 18.2 Å². The summed E-state index contributed by atoms with van der Waals surface area (Å²) in [6.07, 6.45) is 0. The summed E-state index contributed by atoms with van der Waals surface area (Å²) >= 11 is 0. The van der Waals surface area contributed by atoms with Crippen molar-refractivity contribution in [3.05, 3.63) is 39.7 Å². The van der Waals surface area contributed by atoms with E-state index in [2.05, 4.69) is 0 Å². The molecular weight excluding hydrogens is 281 g/mol. The lowest BCUT2D eigenvalue weighted by molar-refractivity contribution is -0.387. The summed E-state index contributed by atoms with van der Waals surface area (Å²) in [5.41, 5.74) is -0.212. The number of benzene rings is 1. The molecule has 1 saturated heterocycles. The van der Waals surface area contributed by atoms with Crippen molar-refractivity contribution >= 4 is 11.7 Å². The standard InChI is InChI=1S/C13H16FN3O4/c1-10(18)21-16-7-5-15(6-8-16)9-11-3-2-4-12(13(11)14)17(19)20/h2-4H,5-9H2,1H3. The molecule has 1 fully saturated rings. The van der Waals surface area contributed by atoms with E-state index in [9.17, 15) is 19.3 Å². The lowest BCUT2D eigenvalue weighted by atomic mass is 10.1. The number of halogens is 1. The van der Waals surface area contributed by atoms with E-state index in [0.717, 1.165) is 6.07 Å². The first-order valence-electron chi connectivity index (χ1n) is 6.55. The molecule has 21 heavy (non-hydrogen) atoms. The van der Waals surface area contributed by atoms with E-state index < -0.39 is 16.4 Å². The van der Waals surface area contributed by atoms with Crippen molar-refractivity contribution in [2.75, 3.05) is 26.2 Å². The molecule has 0 unspecified atom stereocenters. The number of nitro groups is 1. The summed E-state index contributed by atoms with van der Waals surface area (Å²) in [4.78, 5) is 27.8. The average Bonchev–Trinajstić information content (AvgIpc) is 2.42. The van der Waals surface area contributed by atoms with E-state index >= 15 is 0 Å². The third kappa shape index (κ3) is 3.96. The Morgan fingerprint density at radius 2 is 2.05 bits per heavy atom. The first-order chi connectivity index (χ1) is 9.97. The molecule has 1 aromatic carbocycles. The third-order valence-electron chi connectivity index (χ3n) is 3.24. The normalized spacial score (nSPS) is 16.7. The lowest BCUT2D eigenvalue weighted by Crippen LogP contribution is -2.46. The highest BCUT2D eigenvalue weighted by atomic mass is 19.1. The second-order valence-corrected chi connectivity index (χ2v) is 4.80. The van der Waals surface area contributed by atoms with Gasteiger partial charge in [-0.05, 0) is 0 Å². The highest BCUT2D eigenvalue weighted by Crippen LogP contribution is 2.21. The van der Waals surface area contributed by atoms with E-state index in [1.807, 2.05) is 4.90 Å². The Hall–Kier alpha value is -2.06. The van der Waals surface area contributed by atoms with Crippen molar-refractivity contribution in [2.45, 2.75) is 13.5 Å². The summed E-state index contributed by atoms with van der Waals surface area (Å²) in [7, 11) is 0. The molecule has 8 heteroatoms. The Kier molecular flexibility index (Phi) is 4.81. The van der Waals surface area contributed by atoms with Crippen LogP contribution in [-0.2, 0) is 16.2 Å². The van der Waals surface area contributed by atoms with E-state index in [4.69, 9.17) is 4.84 Å². The third-order valence-corrected chi connectivity index (χ3v) is 3.24. The molecule has 0 spiro atoms. The number of carbonyl (C=O) groups is 1. The van der Waals surface area contributed by atoms with E-state index in [1.165, 1.54) is 13.0 Å². The summed E-state index contributed by atoms with van der Waals surface area (Å²) < 4.78 is 14.0. The Morgan fingerprint density at radius 3 is 2.62 bits per heavy atom. The number of rotatable bonds is 4. The maximum atomic E-state index is 14.0. The Balaban J connectivity index is 1.96. The Bertz CT molecular complexity index is 544. The van der Waals surface area contributed by atoms with Gasteiger partial charge in [-0.25, -0.2) is 0 Å². The van der Waals surface area contributed by atoms with Crippen LogP contribution >= 0.6 is 0 Å². The minimum Gasteiger partial charge on any atom is -0.368 e. The number of nitrogens with zero attached hydrogens (tertiary/aromatic N) is 3. The van der Waals surface area contributed by atoms with Crippen molar-refractivity contribution in [1.29, 1.82) is 0 Å². The van der Waals surface area contributed by atoms with E-state index in [1.54, 1.807) is 11.1 Å². The van der Waals surface area contributed by atoms with Crippen LogP contribution in [0, 0.1) is 15.9 Å². The summed E-state index contributed by atoms with van der Waals surface area (Å²) in [5, 5.41) is 12.3. The number of hydroxylamine groups is 2. The molecule has 1 aliphatic heterocycles. The van der Waals surface area contributed by atoms with Gasteiger partial charge in [-0.3, -0.25) is 19.8 Å². The molecule has 0 N–H and O–H groups in total. The van der Waals surface area contributed by atoms with Gasteiger partial charge in [0.15, 0.2) is 0 Å². The van der Waals surface area contributed by atoms with Gasteiger partial charge in [0.2, 0.25) is 5.82 Å². The SMILES string of the molecule is CC(=O)ON1CCN(Cc2cccc([N+](=O)[O-])c2F)CC1. The zero-order valence-electron chi connectivity index (χ0n) is 11.6. The van der Waals surface area contributed by atoms with Crippen LogP contribution in [0.3, 0.4) is 0 Å². The fraction of sp³-hybridized carbons (Fsp3) is 0.462. The quantitative estimate of drug-likeness (QED) is 0.616. The summed E-state index contributed by atoms with van der Waals surface area (Å²) in [6.45, 7) is 3.86. The molecule has 0 saturated carbocycles. The first-order valence-corrected chi connectivity index (χ1v) is 6.55. The summed E-state index contributed by atoms with van der Waals surface area (Å²) in [6, 6.07) is 4.17. The molecule has 0 bridgehead atoms. The molecule has 0 atom stereocenters. The van der Waals surface area contributed by atoms with Gasteiger partial charge in [0.05, 0.1) is 4.92 Å². The van der Waals surface area contributed by atoms with Crippen molar-refractivity contribution in [3.63, 3.8) is 0 Å². The maximum absolute atomic E-state index is 14.0. The van der Waals surface area contributed by atoms with Crippen LogP contribution in [-0.4, -0.2) is 47.0 Å². The molecule has 0 aromatic heterocycles. The van der Waals surface area contributed by atoms with Crippen LogP contribution in [0.2, 0.25) is 0 Å². The molecule has 1 aromatic rings. The Morgan fingerprint density at radius 1 is 1.38 bits per heavy atom. The molecule has 2 rings (SSSR count). The summed E-state index contributed by atoms with van der Waals surface area (Å²) in [5.74, 6) is -1.15. The number of nitro benzene ring substituents is 1. The van der Waals surface area contributed by atoms with Crippen LogP contribution < -0.4 is 0 Å². The van der Waals surface area contributed by atoms with Crippen molar-refractivity contribution in [2.24, 2.45) is 0 Å². The second-order valence-electron chi connectivity index (χ2n) is 4.80. The van der Waals surface area contributed by atoms with Crippen LogP contribution in [0.4, 0.5) is 10.1 Å². The van der Waals surface area contributed by atoms with Gasteiger partial charge < -0.3 is 4.84 Å². The number of hydrogen-bond acceptors (Lipinski definition) is 6. The number of carbonyl (C=O) groups excluding carboxylic acids is 1. The van der Waals surface area contributed by atoms with E-state index in [-0.39, 0.29) is 5.97 Å². The fourth-order valence-electron chi connectivity index (χ4n) is 2.23. The predicted molar refractivity (Wildman–Crippen MR) is 71.7 cm³/mol. The molecule has 1 aliphatic rings. The molecule has 114 valence electrons. The smallest absolute Gasteiger partial charge is 0.322 e. The van der Waals surface area contributed by atoms with Crippen molar-refractivity contribution < 1.29 is 18.9 Å². The molecule has 0 radical (unpaired) electrons. The largest absolute Gasteiger partial charge is 0.368 e. The van der Waals surface area contributed by atoms with E-state index in [0.29, 0.717) is 38.3 Å². The van der Waals surface area contributed by atoms with Gasteiger partial charge in [0.25, 0.3) is 0 Å². The highest BCUT2D eigenvalue weighted by molar-refractivity contribution is 5.65. The van der Waals surface area contributed by atoms with Crippen LogP contribution in [0.5, 0.6) is 0 Å². The topological polar surface area (TPSA) is 75.9 Å². The zero-order chi connectivity index (χ0) is 15.4. The molecule has 1 heterocycles. The molecule has 0 aliphatic carbocycles. The second kappa shape index (κ2) is 6.59. The van der Waals surface area contributed by atoms with Crippen molar-refractivity contribution in [1.82, 2.24) is 9.96 Å². The number of hydrogen-bond donors (Lipinski definition) is 0. The first kappa shape index (κ1) is 15.3. The minimum absolute atomic E-state index is 0.293. The van der Waals surface area contributed by atoms with Crippen LogP contribution in [0.25, 0.3) is 0 Å². The highest BCUT2D eigenvalue weighted by Gasteiger charge is 2.22. The monoisotopic (exact) mass is 297 g/mol. The minimum atomic E-state index is -0.787. The van der Waals surface area contributed by atoms with Gasteiger partial charge >= 0.3 is 11.7 Å². The average molecular weight is 297 g/mol. The molecule has 7 nitrogen and oxygen atoms in total. The van der Waals surface area contributed by atoms with Gasteiger partial charge in [-0.15, -0.1) is 5.06 Å². The number of piperazine rings is 1. The van der Waals surface area contributed by atoms with Gasteiger partial charge in [-0.2, -0.15) is 4.39 Å². The van der Waals surface area contributed by atoms with Gasteiger partial charge in [0.1, 0.15) is 0 Å². The fourth-order valence-corrected chi connectivity index (χ4v) is 2.23. The Labute approximate surface area is 121 Å².